The van der Waals surface area contributed by atoms with Crippen LogP contribution in [0, 0.1) is 24.0 Å². The fourth-order valence-electron chi connectivity index (χ4n) is 3.02. The van der Waals surface area contributed by atoms with E-state index in [0.717, 1.165) is 27.8 Å². The van der Waals surface area contributed by atoms with Gasteiger partial charge in [-0.05, 0) is 37.5 Å². The van der Waals surface area contributed by atoms with Crippen LogP contribution in [0.5, 0.6) is 0 Å². The van der Waals surface area contributed by atoms with E-state index in [-0.39, 0.29) is 17.8 Å². The van der Waals surface area contributed by atoms with E-state index in [0.29, 0.717) is 5.69 Å². The second-order valence-corrected chi connectivity index (χ2v) is 8.38. The van der Waals surface area contributed by atoms with Crippen molar-refractivity contribution < 1.29 is 18.1 Å². The smallest absolute Gasteiger partial charge is 0.271 e. The van der Waals surface area contributed by atoms with Crippen LogP contribution < -0.4 is 9.62 Å². The fourth-order valence-corrected chi connectivity index (χ4v) is 4.23. The largest absolute Gasteiger partial charge is 0.324 e. The molecule has 1 N–H and O–H groups in total. The number of aryl methyl sites for hydroxylation is 2. The lowest BCUT2D eigenvalue weighted by atomic mass is 10.1. The third-order valence-electron chi connectivity index (χ3n) is 4.35. The van der Waals surface area contributed by atoms with Crippen LogP contribution in [0.15, 0.2) is 42.5 Å². The summed E-state index contributed by atoms with van der Waals surface area (Å²) in [4.78, 5) is 23.4. The van der Waals surface area contributed by atoms with E-state index < -0.39 is 26.9 Å². The van der Waals surface area contributed by atoms with Crippen LogP contribution >= 0.6 is 0 Å². The number of nitrogens with one attached hydrogen (secondary N) is 1. The van der Waals surface area contributed by atoms with Crippen LogP contribution in [0.25, 0.3) is 0 Å². The highest BCUT2D eigenvalue weighted by Crippen LogP contribution is 2.27. The van der Waals surface area contributed by atoms with Gasteiger partial charge in [0.05, 0.1) is 16.9 Å². The van der Waals surface area contributed by atoms with Gasteiger partial charge in [-0.2, -0.15) is 0 Å². The number of rotatable bonds is 7. The number of amides is 1. The van der Waals surface area contributed by atoms with E-state index in [1.165, 1.54) is 18.2 Å². The predicted molar refractivity (Wildman–Crippen MR) is 109 cm³/mol. The van der Waals surface area contributed by atoms with E-state index in [4.69, 9.17) is 0 Å². The van der Waals surface area contributed by atoms with Crippen molar-refractivity contribution in [3.63, 3.8) is 0 Å². The zero-order valence-electron chi connectivity index (χ0n) is 16.2. The van der Waals surface area contributed by atoms with E-state index in [1.807, 2.05) is 32.0 Å². The number of nitro benzene ring substituents is 1. The molecule has 0 radical (unpaired) electrons. The van der Waals surface area contributed by atoms with E-state index in [9.17, 15) is 23.3 Å². The minimum Gasteiger partial charge on any atom is -0.324 e. The van der Waals surface area contributed by atoms with Gasteiger partial charge in [-0.1, -0.05) is 31.2 Å². The Hall–Kier alpha value is -2.94. The molecule has 0 spiro atoms. The van der Waals surface area contributed by atoms with E-state index in [1.54, 1.807) is 6.92 Å². The maximum absolute atomic E-state index is 13.0. The molecule has 9 heteroatoms. The lowest BCUT2D eigenvalue weighted by Crippen LogP contribution is -2.47. The van der Waals surface area contributed by atoms with E-state index >= 15 is 0 Å². The van der Waals surface area contributed by atoms with Gasteiger partial charge in [0.1, 0.15) is 6.04 Å². The van der Waals surface area contributed by atoms with Crippen LogP contribution in [0.1, 0.15) is 24.5 Å². The number of benzene rings is 2. The predicted octanol–water partition coefficient (Wildman–Crippen LogP) is 3.39. The average Bonchev–Trinajstić information content (AvgIpc) is 2.61. The molecule has 28 heavy (non-hydrogen) atoms. The first kappa shape index (κ1) is 21.4. The number of nitro groups is 1. The standard InChI is InChI=1S/C19H23N3O5S/c1-5-17(19(23)20-18-13(2)8-6-9-14(18)3)21(28(4,26)27)15-10-7-11-16(12-15)22(24)25/h6-12,17H,5H2,1-4H3,(H,20,23)/t17-/m0/s1. The van der Waals surface area contributed by atoms with Gasteiger partial charge in [-0.15, -0.1) is 0 Å². The van der Waals surface area contributed by atoms with Crippen LogP contribution in [-0.4, -0.2) is 31.5 Å². The summed E-state index contributed by atoms with van der Waals surface area (Å²) in [5.74, 6) is -0.503. The Morgan fingerprint density at radius 3 is 2.25 bits per heavy atom. The normalized spacial score (nSPS) is 12.3. The molecular formula is C19H23N3O5S. The molecule has 0 aromatic heterocycles. The van der Waals surface area contributed by atoms with Crippen molar-refractivity contribution in [3.8, 4) is 0 Å². The molecule has 0 saturated heterocycles. The molecule has 0 aliphatic carbocycles. The molecule has 0 bridgehead atoms. The average molecular weight is 405 g/mol. The van der Waals surface area contributed by atoms with Gasteiger partial charge in [0, 0.05) is 17.8 Å². The SMILES string of the molecule is CC[C@@H](C(=O)Nc1c(C)cccc1C)N(c1cccc([N+](=O)[O-])c1)S(C)(=O)=O. The highest BCUT2D eigenvalue weighted by molar-refractivity contribution is 7.92. The highest BCUT2D eigenvalue weighted by Gasteiger charge is 2.32. The number of para-hydroxylation sites is 1. The minimum atomic E-state index is -3.88. The zero-order valence-corrected chi connectivity index (χ0v) is 17.0. The third kappa shape index (κ3) is 4.66. The number of hydrogen-bond acceptors (Lipinski definition) is 5. The van der Waals surface area contributed by atoms with Crippen LogP contribution in [-0.2, 0) is 14.8 Å². The Labute approximate surface area is 164 Å². The Bertz CT molecular complexity index is 984. The number of hydrogen-bond donors (Lipinski definition) is 1. The monoisotopic (exact) mass is 405 g/mol. The van der Waals surface area contributed by atoms with Gasteiger partial charge in [-0.3, -0.25) is 19.2 Å². The Kier molecular flexibility index (Phi) is 6.40. The molecule has 0 aliphatic heterocycles. The number of sulfonamides is 1. The second-order valence-electron chi connectivity index (χ2n) is 6.52. The summed E-state index contributed by atoms with van der Waals surface area (Å²) >= 11 is 0. The molecule has 0 aliphatic rings. The van der Waals surface area contributed by atoms with Crippen molar-refractivity contribution in [2.45, 2.75) is 33.2 Å². The molecule has 2 aromatic rings. The molecule has 2 rings (SSSR count). The van der Waals surface area contributed by atoms with Gasteiger partial charge in [0.25, 0.3) is 5.69 Å². The van der Waals surface area contributed by atoms with Crippen molar-refractivity contribution in [1.29, 1.82) is 0 Å². The first-order chi connectivity index (χ1) is 13.1. The maximum Gasteiger partial charge on any atom is 0.271 e. The summed E-state index contributed by atoms with van der Waals surface area (Å²) in [6.07, 6.45) is 1.16. The number of non-ortho nitro benzene ring substituents is 1. The van der Waals surface area contributed by atoms with Crippen LogP contribution in [0.2, 0.25) is 0 Å². The molecule has 0 fully saturated rings. The summed E-state index contributed by atoms with van der Waals surface area (Å²) in [6, 6.07) is 9.74. The number of nitrogens with zero attached hydrogens (tertiary/aromatic N) is 2. The van der Waals surface area contributed by atoms with Gasteiger partial charge in [0.2, 0.25) is 15.9 Å². The maximum atomic E-state index is 13.0. The van der Waals surface area contributed by atoms with Gasteiger partial charge in [0.15, 0.2) is 0 Å². The third-order valence-corrected chi connectivity index (χ3v) is 5.53. The molecule has 0 heterocycles. The van der Waals surface area contributed by atoms with Crippen LogP contribution in [0.4, 0.5) is 17.1 Å². The lowest BCUT2D eigenvalue weighted by Gasteiger charge is -2.30. The van der Waals surface area contributed by atoms with Crippen molar-refractivity contribution in [1.82, 2.24) is 0 Å². The molecule has 0 unspecified atom stereocenters. The van der Waals surface area contributed by atoms with Gasteiger partial charge >= 0.3 is 0 Å². The molecule has 1 atom stereocenters. The molecule has 1 amide bonds. The summed E-state index contributed by atoms with van der Waals surface area (Å²) in [7, 11) is -3.88. The van der Waals surface area contributed by atoms with Crippen molar-refractivity contribution in [3.05, 3.63) is 63.7 Å². The van der Waals surface area contributed by atoms with Gasteiger partial charge < -0.3 is 5.32 Å². The first-order valence-electron chi connectivity index (χ1n) is 8.67. The summed E-state index contributed by atoms with van der Waals surface area (Å²) in [5.41, 5.74) is 2.14. The molecule has 2 aromatic carbocycles. The lowest BCUT2D eigenvalue weighted by molar-refractivity contribution is -0.384. The van der Waals surface area contributed by atoms with Crippen LogP contribution in [0.3, 0.4) is 0 Å². The quantitative estimate of drug-likeness (QED) is 0.561. The van der Waals surface area contributed by atoms with Crippen molar-refractivity contribution in [2.24, 2.45) is 0 Å². The molecule has 8 nitrogen and oxygen atoms in total. The summed E-state index contributed by atoms with van der Waals surface area (Å²) < 4.78 is 25.9. The molecule has 0 saturated carbocycles. The topological polar surface area (TPSA) is 110 Å². The fraction of sp³-hybridized carbons (Fsp3) is 0.316. The number of carbonyl (C=O) groups is 1. The Morgan fingerprint density at radius 1 is 1.18 bits per heavy atom. The Morgan fingerprint density at radius 2 is 1.75 bits per heavy atom. The number of anilines is 2. The molecular weight excluding hydrogens is 382 g/mol. The van der Waals surface area contributed by atoms with E-state index in [2.05, 4.69) is 5.32 Å². The van der Waals surface area contributed by atoms with Gasteiger partial charge in [-0.25, -0.2) is 8.42 Å². The summed E-state index contributed by atoms with van der Waals surface area (Å²) in [5, 5.41) is 13.9. The van der Waals surface area contributed by atoms with Crippen molar-refractivity contribution >= 4 is 33.0 Å². The second kappa shape index (κ2) is 8.39. The van der Waals surface area contributed by atoms with Crippen molar-refractivity contribution in [2.75, 3.05) is 15.9 Å². The first-order valence-corrected chi connectivity index (χ1v) is 10.5. The molecule has 150 valence electrons. The zero-order chi connectivity index (χ0) is 21.1. The Balaban J connectivity index is 2.48. The number of carbonyl (C=O) groups excluding carboxylic acids is 1. The summed E-state index contributed by atoms with van der Waals surface area (Å²) in [6.45, 7) is 5.38. The minimum absolute atomic E-state index is 0.0696. The highest BCUT2D eigenvalue weighted by atomic mass is 32.2.